The predicted octanol–water partition coefficient (Wildman–Crippen LogP) is 3.01. The molecule has 4 nitrogen and oxygen atoms in total. The fourth-order valence-electron chi connectivity index (χ4n) is 2.46. The number of amides is 1. The highest BCUT2D eigenvalue weighted by atomic mass is 35.5. The van der Waals surface area contributed by atoms with Crippen molar-refractivity contribution < 1.29 is 18.8 Å². The molecule has 2 aromatic carbocycles. The molecule has 24 heavy (non-hydrogen) atoms. The van der Waals surface area contributed by atoms with Gasteiger partial charge in [0.25, 0.3) is 0 Å². The first-order valence-corrected chi connectivity index (χ1v) is 7.48. The van der Waals surface area contributed by atoms with Crippen LogP contribution in [-0.4, -0.2) is 17.5 Å². The van der Waals surface area contributed by atoms with Gasteiger partial charge in [-0.15, -0.1) is 0 Å². The SMILES string of the molecule is O=C(Cc1ccccc1F)NC1=C(Cl)C(=O)c2ccccc2C1=O. The number of rotatable bonds is 3. The number of Topliss-reactive ketones (excluding diaryl/α,β-unsaturated/α-hetero) is 2. The van der Waals surface area contributed by atoms with Crippen LogP contribution < -0.4 is 5.32 Å². The van der Waals surface area contributed by atoms with E-state index in [1.807, 2.05) is 0 Å². The number of carbonyl (C=O) groups is 3. The van der Waals surface area contributed by atoms with Gasteiger partial charge in [0.05, 0.1) is 6.42 Å². The first-order valence-electron chi connectivity index (χ1n) is 7.10. The monoisotopic (exact) mass is 343 g/mol. The van der Waals surface area contributed by atoms with Gasteiger partial charge in [0, 0.05) is 11.1 Å². The molecule has 0 aliphatic heterocycles. The lowest BCUT2D eigenvalue weighted by Crippen LogP contribution is -2.34. The number of fused-ring (bicyclic) bond motifs is 1. The maximum absolute atomic E-state index is 13.6. The normalized spacial score (nSPS) is 13.8. The number of ketones is 2. The molecule has 0 bridgehead atoms. The summed E-state index contributed by atoms with van der Waals surface area (Å²) in [6.45, 7) is 0. The smallest absolute Gasteiger partial charge is 0.229 e. The zero-order valence-electron chi connectivity index (χ0n) is 12.3. The van der Waals surface area contributed by atoms with E-state index in [-0.39, 0.29) is 33.8 Å². The van der Waals surface area contributed by atoms with Crippen molar-refractivity contribution in [1.29, 1.82) is 0 Å². The van der Waals surface area contributed by atoms with Crippen molar-refractivity contribution in [3.63, 3.8) is 0 Å². The van der Waals surface area contributed by atoms with Crippen LogP contribution in [0.1, 0.15) is 26.3 Å². The molecule has 1 amide bonds. The van der Waals surface area contributed by atoms with Gasteiger partial charge in [-0.25, -0.2) is 4.39 Å². The standard InChI is InChI=1S/C18H11ClFNO3/c19-15-16(18(24)12-7-3-2-6-11(12)17(15)23)21-14(22)9-10-5-1-4-8-13(10)20/h1-8H,9H2,(H,21,22). The Morgan fingerprint density at radius 2 is 1.54 bits per heavy atom. The molecule has 0 aromatic heterocycles. The van der Waals surface area contributed by atoms with E-state index in [1.54, 1.807) is 18.2 Å². The fourth-order valence-corrected chi connectivity index (χ4v) is 2.69. The maximum Gasteiger partial charge on any atom is 0.229 e. The van der Waals surface area contributed by atoms with E-state index in [1.165, 1.54) is 30.3 Å². The third kappa shape index (κ3) is 2.86. The number of carbonyl (C=O) groups excluding carboxylic acids is 3. The van der Waals surface area contributed by atoms with Gasteiger partial charge < -0.3 is 5.32 Å². The Bertz CT molecular complexity index is 905. The summed E-state index contributed by atoms with van der Waals surface area (Å²) in [6.07, 6.45) is -0.274. The lowest BCUT2D eigenvalue weighted by atomic mass is 9.92. The molecule has 0 spiro atoms. The van der Waals surface area contributed by atoms with E-state index in [0.717, 1.165) is 0 Å². The molecular formula is C18H11ClFNO3. The molecule has 120 valence electrons. The van der Waals surface area contributed by atoms with Crippen LogP contribution in [0.2, 0.25) is 0 Å². The first kappa shape index (κ1) is 16.1. The van der Waals surface area contributed by atoms with Crippen molar-refractivity contribution >= 4 is 29.1 Å². The van der Waals surface area contributed by atoms with Crippen molar-refractivity contribution in [2.24, 2.45) is 0 Å². The van der Waals surface area contributed by atoms with Gasteiger partial charge in [-0.2, -0.15) is 0 Å². The largest absolute Gasteiger partial charge is 0.321 e. The van der Waals surface area contributed by atoms with Crippen LogP contribution in [0, 0.1) is 5.82 Å². The molecule has 0 saturated carbocycles. The van der Waals surface area contributed by atoms with E-state index in [0.29, 0.717) is 0 Å². The molecule has 0 saturated heterocycles. The minimum Gasteiger partial charge on any atom is -0.321 e. The van der Waals surface area contributed by atoms with E-state index >= 15 is 0 Å². The Morgan fingerprint density at radius 3 is 2.21 bits per heavy atom. The number of allylic oxidation sites excluding steroid dienone is 2. The van der Waals surface area contributed by atoms with Crippen LogP contribution in [0.5, 0.6) is 0 Å². The topological polar surface area (TPSA) is 63.2 Å². The molecule has 0 heterocycles. The van der Waals surface area contributed by atoms with E-state index in [4.69, 9.17) is 11.6 Å². The second kappa shape index (κ2) is 6.37. The van der Waals surface area contributed by atoms with Gasteiger partial charge in [0.15, 0.2) is 0 Å². The summed E-state index contributed by atoms with van der Waals surface area (Å²) in [4.78, 5) is 36.8. The minimum absolute atomic E-state index is 0.174. The summed E-state index contributed by atoms with van der Waals surface area (Å²) < 4.78 is 13.6. The molecule has 3 rings (SSSR count). The van der Waals surface area contributed by atoms with Gasteiger partial charge in [0.2, 0.25) is 17.5 Å². The van der Waals surface area contributed by atoms with Gasteiger partial charge >= 0.3 is 0 Å². The van der Waals surface area contributed by atoms with Crippen LogP contribution in [0.25, 0.3) is 0 Å². The number of halogens is 2. The third-order valence-electron chi connectivity index (χ3n) is 3.64. The number of hydrogen-bond acceptors (Lipinski definition) is 3. The second-order valence-corrected chi connectivity index (χ2v) is 5.59. The summed E-state index contributed by atoms with van der Waals surface area (Å²) >= 11 is 5.95. The van der Waals surface area contributed by atoms with Crippen LogP contribution in [0.4, 0.5) is 4.39 Å². The lowest BCUT2D eigenvalue weighted by molar-refractivity contribution is -0.119. The minimum atomic E-state index is -0.631. The third-order valence-corrected chi connectivity index (χ3v) is 4.00. The predicted molar refractivity (Wildman–Crippen MR) is 86.2 cm³/mol. The highest BCUT2D eigenvalue weighted by molar-refractivity contribution is 6.50. The first-order chi connectivity index (χ1) is 11.5. The zero-order chi connectivity index (χ0) is 17.3. The van der Waals surface area contributed by atoms with E-state index in [2.05, 4.69) is 5.32 Å². The summed E-state index contributed by atoms with van der Waals surface area (Å²) in [6, 6.07) is 12.0. The molecular weight excluding hydrogens is 333 g/mol. The van der Waals surface area contributed by atoms with Crippen LogP contribution >= 0.6 is 11.6 Å². The average molecular weight is 344 g/mol. The molecule has 1 aliphatic rings. The van der Waals surface area contributed by atoms with Gasteiger partial charge in [-0.1, -0.05) is 54.1 Å². The van der Waals surface area contributed by atoms with Crippen molar-refractivity contribution in [2.75, 3.05) is 0 Å². The molecule has 0 fully saturated rings. The van der Waals surface area contributed by atoms with Crippen molar-refractivity contribution in [2.45, 2.75) is 6.42 Å². The number of hydrogen-bond donors (Lipinski definition) is 1. The Kier molecular flexibility index (Phi) is 4.27. The number of nitrogens with one attached hydrogen (secondary N) is 1. The van der Waals surface area contributed by atoms with Crippen LogP contribution in [-0.2, 0) is 11.2 Å². The zero-order valence-corrected chi connectivity index (χ0v) is 13.1. The molecule has 1 N–H and O–H groups in total. The van der Waals surface area contributed by atoms with Crippen molar-refractivity contribution in [3.05, 3.63) is 81.8 Å². The summed E-state index contributed by atoms with van der Waals surface area (Å²) in [5, 5.41) is 1.99. The second-order valence-electron chi connectivity index (χ2n) is 5.21. The van der Waals surface area contributed by atoms with Crippen LogP contribution in [0.3, 0.4) is 0 Å². The fraction of sp³-hybridized carbons (Fsp3) is 0.0556. The number of benzene rings is 2. The highest BCUT2D eigenvalue weighted by Crippen LogP contribution is 2.27. The molecule has 0 atom stereocenters. The van der Waals surface area contributed by atoms with E-state index < -0.39 is 23.3 Å². The molecule has 6 heteroatoms. The van der Waals surface area contributed by atoms with Gasteiger partial charge in [-0.3, -0.25) is 14.4 Å². The Balaban J connectivity index is 1.86. The van der Waals surface area contributed by atoms with Crippen molar-refractivity contribution in [1.82, 2.24) is 5.32 Å². The Morgan fingerprint density at radius 1 is 0.958 bits per heavy atom. The summed E-state index contributed by atoms with van der Waals surface area (Å²) in [5.41, 5.74) is 0.274. The average Bonchev–Trinajstić information content (AvgIpc) is 2.59. The van der Waals surface area contributed by atoms with Crippen LogP contribution in [0.15, 0.2) is 59.3 Å². The highest BCUT2D eigenvalue weighted by Gasteiger charge is 2.32. The summed E-state index contributed by atoms with van der Waals surface area (Å²) in [7, 11) is 0. The maximum atomic E-state index is 13.6. The Hall–Kier alpha value is -2.79. The van der Waals surface area contributed by atoms with Gasteiger partial charge in [-0.05, 0) is 11.6 Å². The molecule has 1 aliphatic carbocycles. The molecule has 2 aromatic rings. The lowest BCUT2D eigenvalue weighted by Gasteiger charge is -2.18. The summed E-state index contributed by atoms with van der Waals surface area (Å²) in [5.74, 6) is -2.23. The van der Waals surface area contributed by atoms with Gasteiger partial charge in [0.1, 0.15) is 16.5 Å². The van der Waals surface area contributed by atoms with Crippen molar-refractivity contribution in [3.8, 4) is 0 Å². The molecule has 0 radical (unpaired) electrons. The quantitative estimate of drug-likeness (QED) is 0.931. The molecule has 0 unspecified atom stereocenters. The Labute approximate surface area is 141 Å². The van der Waals surface area contributed by atoms with E-state index in [9.17, 15) is 18.8 Å².